The lowest BCUT2D eigenvalue weighted by Crippen LogP contribution is -2.38. The lowest BCUT2D eigenvalue weighted by Gasteiger charge is -2.23. The van der Waals surface area contributed by atoms with Gasteiger partial charge in [0.25, 0.3) is 0 Å². The maximum Gasteiger partial charge on any atom is 0.310 e. The summed E-state index contributed by atoms with van der Waals surface area (Å²) in [6.45, 7) is 3.89. The Kier molecular flexibility index (Phi) is 6.70. The van der Waals surface area contributed by atoms with E-state index in [1.165, 1.54) is 12.0 Å². The van der Waals surface area contributed by atoms with E-state index in [2.05, 4.69) is 4.74 Å². The molecule has 0 radical (unpaired) electrons. The number of ether oxygens (including phenoxy) is 1. The van der Waals surface area contributed by atoms with Gasteiger partial charge in [0.1, 0.15) is 0 Å². The number of esters is 1. The molecule has 1 atom stereocenters. The predicted molar refractivity (Wildman–Crippen MR) is 55.1 cm³/mol. The summed E-state index contributed by atoms with van der Waals surface area (Å²) in [6.07, 6.45) is 0.369. The highest BCUT2D eigenvalue weighted by atomic mass is 16.5. The van der Waals surface area contributed by atoms with Gasteiger partial charge in [-0.1, -0.05) is 13.8 Å². The van der Waals surface area contributed by atoms with E-state index in [4.69, 9.17) is 5.11 Å². The van der Waals surface area contributed by atoms with Gasteiger partial charge in [0.05, 0.1) is 19.6 Å². The first-order valence-electron chi connectivity index (χ1n) is 5.03. The molecule has 15 heavy (non-hydrogen) atoms. The number of nitrogens with zero attached hydrogens (tertiary/aromatic N) is 1. The molecule has 88 valence electrons. The third-order valence-corrected chi connectivity index (χ3v) is 2.12. The molecular weight excluding hydrogens is 198 g/mol. The van der Waals surface area contributed by atoms with Crippen LogP contribution >= 0.6 is 0 Å². The highest BCUT2D eigenvalue weighted by Crippen LogP contribution is 2.03. The molecule has 0 aromatic carbocycles. The lowest BCUT2D eigenvalue weighted by atomic mass is 10.1. The average molecular weight is 217 g/mol. The zero-order chi connectivity index (χ0) is 11.8. The quantitative estimate of drug-likeness (QED) is 0.637. The molecule has 0 rings (SSSR count). The largest absolute Gasteiger partial charge is 0.469 e. The number of rotatable bonds is 6. The van der Waals surface area contributed by atoms with E-state index in [0.29, 0.717) is 13.0 Å². The van der Waals surface area contributed by atoms with E-state index in [1.807, 2.05) is 0 Å². The van der Waals surface area contributed by atoms with Crippen LogP contribution in [0, 0.1) is 5.92 Å². The SMILES string of the molecule is CCC(=O)N(CCO)CC(C)C(=O)OC. The van der Waals surface area contributed by atoms with Crippen molar-refractivity contribution in [3.05, 3.63) is 0 Å². The van der Waals surface area contributed by atoms with Crippen LogP contribution in [0.4, 0.5) is 0 Å². The van der Waals surface area contributed by atoms with Gasteiger partial charge in [0, 0.05) is 19.5 Å². The molecule has 0 saturated heterocycles. The topological polar surface area (TPSA) is 66.8 Å². The molecule has 1 unspecified atom stereocenters. The second-order valence-electron chi connectivity index (χ2n) is 3.34. The van der Waals surface area contributed by atoms with Gasteiger partial charge in [-0.3, -0.25) is 9.59 Å². The van der Waals surface area contributed by atoms with Crippen molar-refractivity contribution in [1.29, 1.82) is 0 Å². The van der Waals surface area contributed by atoms with E-state index in [0.717, 1.165) is 0 Å². The van der Waals surface area contributed by atoms with Gasteiger partial charge in [-0.25, -0.2) is 0 Å². The summed E-state index contributed by atoms with van der Waals surface area (Å²) in [5.74, 6) is -0.779. The number of methoxy groups -OCH3 is 1. The van der Waals surface area contributed by atoms with Crippen LogP contribution in [0.3, 0.4) is 0 Å². The van der Waals surface area contributed by atoms with Crippen molar-refractivity contribution in [1.82, 2.24) is 4.90 Å². The van der Waals surface area contributed by atoms with E-state index in [9.17, 15) is 9.59 Å². The molecule has 0 aromatic heterocycles. The molecule has 1 amide bonds. The van der Waals surface area contributed by atoms with E-state index in [1.54, 1.807) is 13.8 Å². The van der Waals surface area contributed by atoms with Crippen LogP contribution in [-0.4, -0.2) is 48.7 Å². The lowest BCUT2D eigenvalue weighted by molar-refractivity contribution is -0.146. The fraction of sp³-hybridized carbons (Fsp3) is 0.800. The molecular formula is C10H19NO4. The number of amides is 1. The fourth-order valence-corrected chi connectivity index (χ4v) is 1.27. The van der Waals surface area contributed by atoms with Crippen molar-refractivity contribution in [2.75, 3.05) is 26.8 Å². The van der Waals surface area contributed by atoms with Crippen molar-refractivity contribution >= 4 is 11.9 Å². The summed E-state index contributed by atoms with van der Waals surface area (Å²) in [7, 11) is 1.32. The number of aliphatic hydroxyl groups is 1. The Morgan fingerprint density at radius 1 is 1.47 bits per heavy atom. The fourth-order valence-electron chi connectivity index (χ4n) is 1.27. The Hall–Kier alpha value is -1.10. The summed E-state index contributed by atoms with van der Waals surface area (Å²) in [6, 6.07) is 0. The Morgan fingerprint density at radius 2 is 2.07 bits per heavy atom. The van der Waals surface area contributed by atoms with Gasteiger partial charge in [0.15, 0.2) is 0 Å². The average Bonchev–Trinajstić information content (AvgIpc) is 2.26. The summed E-state index contributed by atoms with van der Waals surface area (Å²) in [5.41, 5.74) is 0. The maximum atomic E-state index is 11.4. The first-order valence-corrected chi connectivity index (χ1v) is 5.03. The van der Waals surface area contributed by atoms with Gasteiger partial charge in [-0.05, 0) is 0 Å². The molecule has 0 heterocycles. The zero-order valence-corrected chi connectivity index (χ0v) is 9.52. The number of hydrogen-bond acceptors (Lipinski definition) is 4. The van der Waals surface area contributed by atoms with Crippen LogP contribution in [-0.2, 0) is 14.3 Å². The molecule has 5 nitrogen and oxygen atoms in total. The normalized spacial score (nSPS) is 12.0. The minimum atomic E-state index is -0.364. The van der Waals surface area contributed by atoms with Crippen molar-refractivity contribution in [2.45, 2.75) is 20.3 Å². The van der Waals surface area contributed by atoms with Crippen molar-refractivity contribution < 1.29 is 19.4 Å². The Bertz CT molecular complexity index is 217. The molecule has 0 aliphatic rings. The first-order chi connectivity index (χ1) is 7.06. The van der Waals surface area contributed by atoms with E-state index < -0.39 is 0 Å². The van der Waals surface area contributed by atoms with Gasteiger partial charge in [0.2, 0.25) is 5.91 Å². The van der Waals surface area contributed by atoms with Gasteiger partial charge in [-0.15, -0.1) is 0 Å². The molecule has 0 aromatic rings. The summed E-state index contributed by atoms with van der Waals surface area (Å²) < 4.78 is 4.56. The summed E-state index contributed by atoms with van der Waals surface area (Å²) >= 11 is 0. The van der Waals surface area contributed by atoms with Crippen LogP contribution in [0.15, 0.2) is 0 Å². The van der Waals surface area contributed by atoms with E-state index in [-0.39, 0.29) is 30.9 Å². The summed E-state index contributed by atoms with van der Waals surface area (Å²) in [5, 5.41) is 8.78. The highest BCUT2D eigenvalue weighted by Gasteiger charge is 2.19. The molecule has 0 aliphatic heterocycles. The van der Waals surface area contributed by atoms with Gasteiger partial charge in [-0.2, -0.15) is 0 Å². The minimum Gasteiger partial charge on any atom is -0.469 e. The second kappa shape index (κ2) is 7.23. The second-order valence-corrected chi connectivity index (χ2v) is 3.34. The molecule has 5 heteroatoms. The first kappa shape index (κ1) is 13.9. The predicted octanol–water partition coefficient (Wildman–Crippen LogP) is 0.0264. The van der Waals surface area contributed by atoms with Crippen LogP contribution < -0.4 is 0 Å². The monoisotopic (exact) mass is 217 g/mol. The summed E-state index contributed by atoms with van der Waals surface area (Å²) in [4.78, 5) is 24.0. The zero-order valence-electron chi connectivity index (χ0n) is 9.52. The third-order valence-electron chi connectivity index (χ3n) is 2.12. The Labute approximate surface area is 90.0 Å². The van der Waals surface area contributed by atoms with Gasteiger partial charge >= 0.3 is 5.97 Å². The molecule has 0 bridgehead atoms. The van der Waals surface area contributed by atoms with Crippen LogP contribution in [0.25, 0.3) is 0 Å². The maximum absolute atomic E-state index is 11.4. The molecule has 1 N–H and O–H groups in total. The number of carbonyl (C=O) groups excluding carboxylic acids is 2. The molecule has 0 fully saturated rings. The minimum absolute atomic E-state index is 0.0696. The Balaban J connectivity index is 4.27. The van der Waals surface area contributed by atoms with Crippen LogP contribution in [0.2, 0.25) is 0 Å². The van der Waals surface area contributed by atoms with Gasteiger partial charge < -0.3 is 14.7 Å². The molecule has 0 spiro atoms. The number of aliphatic hydroxyl groups excluding tert-OH is 1. The van der Waals surface area contributed by atoms with Crippen molar-refractivity contribution in [3.63, 3.8) is 0 Å². The smallest absolute Gasteiger partial charge is 0.310 e. The Morgan fingerprint density at radius 3 is 2.47 bits per heavy atom. The molecule has 0 aliphatic carbocycles. The third kappa shape index (κ3) is 4.78. The number of carbonyl (C=O) groups is 2. The highest BCUT2D eigenvalue weighted by molar-refractivity contribution is 5.77. The molecule has 0 saturated carbocycles. The van der Waals surface area contributed by atoms with E-state index >= 15 is 0 Å². The van der Waals surface area contributed by atoms with Crippen molar-refractivity contribution in [3.8, 4) is 0 Å². The number of hydrogen-bond donors (Lipinski definition) is 1. The van der Waals surface area contributed by atoms with Crippen LogP contribution in [0.1, 0.15) is 20.3 Å². The van der Waals surface area contributed by atoms with Crippen molar-refractivity contribution in [2.24, 2.45) is 5.92 Å². The van der Waals surface area contributed by atoms with Crippen LogP contribution in [0.5, 0.6) is 0 Å². The standard InChI is InChI=1S/C10H19NO4/c1-4-9(13)11(5-6-12)7-8(2)10(14)15-3/h8,12H,4-7H2,1-3H3.